The molecule has 1 aliphatic heterocycles. The first-order chi connectivity index (χ1) is 11.3. The van der Waals surface area contributed by atoms with Crippen LogP contribution in [0.4, 0.5) is 0 Å². The minimum Gasteiger partial charge on any atom is -0.480 e. The van der Waals surface area contributed by atoms with Crippen molar-refractivity contribution >= 4 is 23.5 Å². The maximum atomic E-state index is 12.1. The molecule has 0 saturated carbocycles. The maximum Gasteiger partial charge on any atom is 0.254 e. The molecule has 0 atom stereocenters. The molecule has 2 aromatic heterocycles. The zero-order valence-corrected chi connectivity index (χ0v) is 14.5. The number of aryl methyl sites for hydroxylation is 1. The first kappa shape index (κ1) is 15.1. The van der Waals surface area contributed by atoms with Crippen molar-refractivity contribution in [2.24, 2.45) is 0 Å². The quantitative estimate of drug-likeness (QED) is 0.657. The molecule has 23 heavy (non-hydrogen) atoms. The Hall–Kier alpha value is -1.41. The van der Waals surface area contributed by atoms with Gasteiger partial charge < -0.3 is 14.3 Å². The Morgan fingerprint density at radius 3 is 3.09 bits per heavy atom. The average Bonchev–Trinajstić information content (AvgIpc) is 3.10. The maximum absolute atomic E-state index is 12.1. The summed E-state index contributed by atoms with van der Waals surface area (Å²) in [6, 6.07) is 0.499. The van der Waals surface area contributed by atoms with Gasteiger partial charge in [0.15, 0.2) is 5.16 Å². The fourth-order valence-electron chi connectivity index (χ4n) is 3.00. The number of ether oxygens (including phenoxy) is 1. The second-order valence-corrected chi connectivity index (χ2v) is 7.78. The summed E-state index contributed by atoms with van der Waals surface area (Å²) in [6.45, 7) is 0. The molecule has 0 radical (unpaired) electrons. The van der Waals surface area contributed by atoms with Crippen molar-refractivity contribution in [1.29, 1.82) is 0 Å². The molecule has 2 aliphatic rings. The van der Waals surface area contributed by atoms with E-state index < -0.39 is 0 Å². The summed E-state index contributed by atoms with van der Waals surface area (Å²) in [4.78, 5) is 24.0. The van der Waals surface area contributed by atoms with Crippen molar-refractivity contribution in [1.82, 2.24) is 19.5 Å². The number of methoxy groups -OCH3 is 1. The monoisotopic (exact) mass is 350 g/mol. The highest BCUT2D eigenvalue weighted by Gasteiger charge is 2.25. The second kappa shape index (κ2) is 6.24. The zero-order valence-electron chi connectivity index (χ0n) is 12.9. The number of thioether (sulfide) groups is 2. The van der Waals surface area contributed by atoms with Crippen LogP contribution in [0.5, 0.6) is 5.88 Å². The van der Waals surface area contributed by atoms with Gasteiger partial charge in [0.25, 0.3) is 5.56 Å². The first-order valence-corrected chi connectivity index (χ1v) is 9.82. The molecule has 3 heterocycles. The number of H-pyrrole nitrogens is 1. The molecule has 122 valence electrons. The average molecular weight is 350 g/mol. The van der Waals surface area contributed by atoms with Crippen LogP contribution in [0.3, 0.4) is 0 Å². The topological polar surface area (TPSA) is 72.8 Å². The fraction of sp³-hybridized carbons (Fsp3) is 0.533. The van der Waals surface area contributed by atoms with Crippen LogP contribution in [0.2, 0.25) is 0 Å². The summed E-state index contributed by atoms with van der Waals surface area (Å²) < 4.78 is 7.59. The Kier molecular flexibility index (Phi) is 4.11. The van der Waals surface area contributed by atoms with Crippen LogP contribution in [-0.4, -0.2) is 38.1 Å². The number of aromatic nitrogens is 4. The highest BCUT2D eigenvalue weighted by Crippen LogP contribution is 2.34. The number of nitrogens with zero attached hydrogens (tertiary/aromatic N) is 3. The Labute approximate surface area is 142 Å². The van der Waals surface area contributed by atoms with Gasteiger partial charge in [0.2, 0.25) is 5.88 Å². The van der Waals surface area contributed by atoms with E-state index in [0.29, 0.717) is 22.8 Å². The van der Waals surface area contributed by atoms with Crippen LogP contribution >= 0.6 is 23.5 Å². The SMILES string of the molecule is COc1ncn(C2CSC2)c1CSc1nc2c(c(=O)[nH]1)CCC2. The third kappa shape index (κ3) is 2.78. The van der Waals surface area contributed by atoms with Gasteiger partial charge in [0.1, 0.15) is 0 Å². The van der Waals surface area contributed by atoms with E-state index in [2.05, 4.69) is 19.5 Å². The van der Waals surface area contributed by atoms with Crippen LogP contribution in [0.15, 0.2) is 16.3 Å². The lowest BCUT2D eigenvalue weighted by Crippen LogP contribution is -2.23. The van der Waals surface area contributed by atoms with Gasteiger partial charge in [-0.25, -0.2) is 9.97 Å². The Balaban J connectivity index is 1.56. The molecule has 1 fully saturated rings. The molecule has 0 amide bonds. The van der Waals surface area contributed by atoms with Crippen LogP contribution in [0.1, 0.15) is 29.4 Å². The van der Waals surface area contributed by atoms with Crippen LogP contribution < -0.4 is 10.3 Å². The van der Waals surface area contributed by atoms with Gasteiger partial charge in [-0.1, -0.05) is 11.8 Å². The van der Waals surface area contributed by atoms with E-state index in [4.69, 9.17) is 4.74 Å². The first-order valence-electron chi connectivity index (χ1n) is 7.68. The largest absolute Gasteiger partial charge is 0.480 e. The Bertz CT molecular complexity index is 782. The lowest BCUT2D eigenvalue weighted by Gasteiger charge is -2.27. The molecule has 4 rings (SSSR count). The van der Waals surface area contributed by atoms with Crippen LogP contribution in [-0.2, 0) is 18.6 Å². The molecular weight excluding hydrogens is 332 g/mol. The minimum atomic E-state index is 0.0193. The van der Waals surface area contributed by atoms with E-state index in [9.17, 15) is 4.79 Å². The number of hydrogen-bond acceptors (Lipinski definition) is 6. The summed E-state index contributed by atoms with van der Waals surface area (Å²) in [6.07, 6.45) is 4.65. The molecule has 0 bridgehead atoms. The number of fused-ring (bicyclic) bond motifs is 1. The summed E-state index contributed by atoms with van der Waals surface area (Å²) in [5.74, 6) is 3.58. The number of rotatable bonds is 5. The van der Waals surface area contributed by atoms with Crippen LogP contribution in [0, 0.1) is 0 Å². The summed E-state index contributed by atoms with van der Waals surface area (Å²) in [7, 11) is 1.64. The summed E-state index contributed by atoms with van der Waals surface area (Å²) in [5.41, 5.74) is 2.91. The summed E-state index contributed by atoms with van der Waals surface area (Å²) >= 11 is 3.48. The molecule has 1 aliphatic carbocycles. The third-order valence-corrected chi connectivity index (χ3v) is 6.46. The van der Waals surface area contributed by atoms with E-state index in [1.807, 2.05) is 18.1 Å². The fourth-order valence-corrected chi connectivity index (χ4v) is 4.65. The molecule has 1 N–H and O–H groups in total. The van der Waals surface area contributed by atoms with Gasteiger partial charge in [-0.15, -0.1) is 0 Å². The van der Waals surface area contributed by atoms with E-state index in [0.717, 1.165) is 47.7 Å². The van der Waals surface area contributed by atoms with Gasteiger partial charge in [0.05, 0.1) is 30.9 Å². The molecule has 0 spiro atoms. The van der Waals surface area contributed by atoms with Gasteiger partial charge in [0, 0.05) is 22.8 Å². The summed E-state index contributed by atoms with van der Waals surface area (Å²) in [5, 5.41) is 0.688. The highest BCUT2D eigenvalue weighted by molar-refractivity contribution is 8.00. The van der Waals surface area contributed by atoms with Gasteiger partial charge >= 0.3 is 0 Å². The predicted molar refractivity (Wildman–Crippen MR) is 91.6 cm³/mol. The second-order valence-electron chi connectivity index (χ2n) is 5.74. The lowest BCUT2D eigenvalue weighted by molar-refractivity contribution is 0.394. The van der Waals surface area contributed by atoms with Crippen molar-refractivity contribution in [3.63, 3.8) is 0 Å². The molecule has 1 saturated heterocycles. The van der Waals surface area contributed by atoms with Crippen LogP contribution in [0.25, 0.3) is 0 Å². The Morgan fingerprint density at radius 2 is 2.35 bits per heavy atom. The number of aromatic amines is 1. The van der Waals surface area contributed by atoms with Gasteiger partial charge in [-0.3, -0.25) is 4.79 Å². The molecule has 8 heteroatoms. The highest BCUT2D eigenvalue weighted by atomic mass is 32.2. The van der Waals surface area contributed by atoms with E-state index in [-0.39, 0.29) is 5.56 Å². The molecule has 0 aromatic carbocycles. The Morgan fingerprint density at radius 1 is 1.48 bits per heavy atom. The predicted octanol–water partition coefficient (Wildman–Crippen LogP) is 2.04. The van der Waals surface area contributed by atoms with E-state index in [1.54, 1.807) is 7.11 Å². The van der Waals surface area contributed by atoms with Crippen molar-refractivity contribution < 1.29 is 4.74 Å². The molecule has 6 nitrogen and oxygen atoms in total. The van der Waals surface area contributed by atoms with Crippen molar-refractivity contribution in [3.05, 3.63) is 33.6 Å². The normalized spacial score (nSPS) is 17.1. The van der Waals surface area contributed by atoms with Gasteiger partial charge in [-0.2, -0.15) is 11.8 Å². The smallest absolute Gasteiger partial charge is 0.254 e. The molecule has 2 aromatic rings. The van der Waals surface area contributed by atoms with Crippen molar-refractivity contribution in [2.45, 2.75) is 36.2 Å². The molecular formula is C15H18N4O2S2. The van der Waals surface area contributed by atoms with E-state index >= 15 is 0 Å². The number of imidazole rings is 1. The number of hydrogen-bond donors (Lipinski definition) is 1. The van der Waals surface area contributed by atoms with E-state index in [1.165, 1.54) is 11.8 Å². The zero-order chi connectivity index (χ0) is 15.8. The minimum absolute atomic E-state index is 0.0193. The third-order valence-electron chi connectivity index (χ3n) is 4.33. The standard InChI is InChI=1S/C15H18N4O2S2/c1-21-14-12(19(8-16-14)9-5-22-6-9)7-23-15-17-11-4-2-3-10(11)13(20)18-15/h8-9H,2-7H2,1H3,(H,17,18,20). The van der Waals surface area contributed by atoms with Crippen molar-refractivity contribution in [2.75, 3.05) is 18.6 Å². The lowest BCUT2D eigenvalue weighted by atomic mass is 10.3. The molecule has 0 unspecified atom stereocenters. The number of nitrogens with one attached hydrogen (secondary N) is 1. The van der Waals surface area contributed by atoms with Gasteiger partial charge in [-0.05, 0) is 19.3 Å². The van der Waals surface area contributed by atoms with Crippen molar-refractivity contribution in [3.8, 4) is 5.88 Å².